The first-order valence-corrected chi connectivity index (χ1v) is 9.97. The minimum absolute atomic E-state index is 0.0578. The number of nitrogens with zero attached hydrogens (tertiary/aromatic N) is 2. The van der Waals surface area contributed by atoms with Crippen molar-refractivity contribution >= 4 is 11.6 Å². The molecule has 4 rings (SSSR count). The summed E-state index contributed by atoms with van der Waals surface area (Å²) in [5, 5.41) is 10.3. The Morgan fingerprint density at radius 1 is 1.26 bits per heavy atom. The molecule has 6 heteroatoms. The van der Waals surface area contributed by atoms with Crippen LogP contribution in [0.25, 0.3) is 0 Å². The second kappa shape index (κ2) is 7.72. The maximum atomic E-state index is 12.8. The third-order valence-corrected chi connectivity index (χ3v) is 5.58. The molecular formula is C21H28N4O2. The van der Waals surface area contributed by atoms with Gasteiger partial charge in [0.15, 0.2) is 5.69 Å². The molecule has 144 valence electrons. The van der Waals surface area contributed by atoms with Crippen molar-refractivity contribution in [3.8, 4) is 0 Å². The van der Waals surface area contributed by atoms with E-state index in [0.717, 1.165) is 29.9 Å². The number of H-pyrrole nitrogens is 1. The molecule has 0 unspecified atom stereocenters. The molecule has 2 aliphatic heterocycles. The fraction of sp³-hybridized carbons (Fsp3) is 0.524. The van der Waals surface area contributed by atoms with E-state index in [-0.39, 0.29) is 18.1 Å². The summed E-state index contributed by atoms with van der Waals surface area (Å²) in [6.07, 6.45) is 4.52. The number of nitrogens with one attached hydrogen (secondary N) is 2. The van der Waals surface area contributed by atoms with Gasteiger partial charge in [0.25, 0.3) is 5.91 Å². The molecule has 27 heavy (non-hydrogen) atoms. The van der Waals surface area contributed by atoms with Crippen LogP contribution >= 0.6 is 0 Å². The number of carbonyl (C=O) groups is 1. The first-order chi connectivity index (χ1) is 13.1. The smallest absolute Gasteiger partial charge is 0.272 e. The average Bonchev–Trinajstić information content (AvgIpc) is 3.11. The van der Waals surface area contributed by atoms with Gasteiger partial charge in [-0.3, -0.25) is 9.89 Å². The predicted octanol–water partition coefficient (Wildman–Crippen LogP) is 3.35. The Morgan fingerprint density at radius 2 is 2.04 bits per heavy atom. The van der Waals surface area contributed by atoms with Crippen molar-refractivity contribution < 1.29 is 9.53 Å². The van der Waals surface area contributed by atoms with E-state index in [9.17, 15) is 4.79 Å². The molecular weight excluding hydrogens is 340 g/mol. The van der Waals surface area contributed by atoms with Crippen LogP contribution in [0.1, 0.15) is 66.5 Å². The summed E-state index contributed by atoms with van der Waals surface area (Å²) < 4.78 is 5.81. The molecule has 0 radical (unpaired) electrons. The van der Waals surface area contributed by atoms with E-state index in [1.807, 2.05) is 19.9 Å². The largest absolute Gasteiger partial charge is 0.371 e. The van der Waals surface area contributed by atoms with E-state index in [2.05, 4.69) is 38.6 Å². The lowest BCUT2D eigenvalue weighted by molar-refractivity contribution is -0.00697. The number of anilines is 1. The second-order valence-corrected chi connectivity index (χ2v) is 7.62. The summed E-state index contributed by atoms with van der Waals surface area (Å²) in [6.45, 7) is 6.71. The van der Waals surface area contributed by atoms with Gasteiger partial charge in [-0.15, -0.1) is 0 Å². The minimum atomic E-state index is -0.123. The monoisotopic (exact) mass is 368 g/mol. The van der Waals surface area contributed by atoms with Gasteiger partial charge in [0.1, 0.15) is 0 Å². The van der Waals surface area contributed by atoms with Crippen molar-refractivity contribution in [2.24, 2.45) is 0 Å². The van der Waals surface area contributed by atoms with Crippen molar-refractivity contribution in [1.29, 1.82) is 0 Å². The molecule has 1 fully saturated rings. The second-order valence-electron chi connectivity index (χ2n) is 7.62. The van der Waals surface area contributed by atoms with Crippen molar-refractivity contribution in [3.05, 3.63) is 46.8 Å². The van der Waals surface area contributed by atoms with E-state index in [4.69, 9.17) is 4.74 Å². The lowest BCUT2D eigenvalue weighted by atomic mass is 9.99. The van der Waals surface area contributed by atoms with Crippen LogP contribution in [-0.4, -0.2) is 35.3 Å². The summed E-state index contributed by atoms with van der Waals surface area (Å²) in [5.74, 6) is -0.123. The molecule has 0 bridgehead atoms. The number of hydrogen-bond donors (Lipinski definition) is 2. The first-order valence-electron chi connectivity index (χ1n) is 9.97. The SMILES string of the molecule is C[C@@H]1Cc2c(C(=O)NCc3ccccc3N3CCCCC3)n[nH]c2[C@H](C)O1. The molecule has 2 aromatic rings. The highest BCUT2D eigenvalue weighted by Crippen LogP contribution is 2.30. The van der Waals surface area contributed by atoms with Gasteiger partial charge in [0.2, 0.25) is 0 Å². The van der Waals surface area contributed by atoms with Gasteiger partial charge < -0.3 is 15.0 Å². The Bertz CT molecular complexity index is 810. The number of amides is 1. The molecule has 1 aromatic heterocycles. The fourth-order valence-corrected chi connectivity index (χ4v) is 4.22. The number of aromatic nitrogens is 2. The number of piperidine rings is 1. The summed E-state index contributed by atoms with van der Waals surface area (Å²) in [6, 6.07) is 8.36. The van der Waals surface area contributed by atoms with Gasteiger partial charge in [-0.05, 0) is 44.7 Å². The van der Waals surface area contributed by atoms with Crippen LogP contribution in [0, 0.1) is 0 Å². The molecule has 0 aliphatic carbocycles. The predicted molar refractivity (Wildman–Crippen MR) is 105 cm³/mol. The summed E-state index contributed by atoms with van der Waals surface area (Å²) >= 11 is 0. The lowest BCUT2D eigenvalue weighted by Gasteiger charge is -2.30. The quantitative estimate of drug-likeness (QED) is 0.868. The zero-order valence-electron chi connectivity index (χ0n) is 16.1. The van der Waals surface area contributed by atoms with Gasteiger partial charge in [0, 0.05) is 37.3 Å². The van der Waals surface area contributed by atoms with Gasteiger partial charge in [-0.2, -0.15) is 5.10 Å². The Kier molecular flexibility index (Phi) is 5.16. The Labute approximate surface area is 160 Å². The van der Waals surface area contributed by atoms with E-state index in [1.165, 1.54) is 24.9 Å². The molecule has 1 aromatic carbocycles. The molecule has 0 spiro atoms. The number of carbonyl (C=O) groups excluding carboxylic acids is 1. The maximum Gasteiger partial charge on any atom is 0.272 e. The van der Waals surface area contributed by atoms with Crippen LogP contribution < -0.4 is 10.2 Å². The van der Waals surface area contributed by atoms with Crippen LogP contribution in [-0.2, 0) is 17.7 Å². The van der Waals surface area contributed by atoms with Crippen molar-refractivity contribution in [3.63, 3.8) is 0 Å². The van der Waals surface area contributed by atoms with Gasteiger partial charge in [-0.25, -0.2) is 0 Å². The van der Waals surface area contributed by atoms with Gasteiger partial charge in [-0.1, -0.05) is 18.2 Å². The van der Waals surface area contributed by atoms with Crippen molar-refractivity contribution in [1.82, 2.24) is 15.5 Å². The number of para-hydroxylation sites is 1. The molecule has 2 atom stereocenters. The summed E-state index contributed by atoms with van der Waals surface area (Å²) in [7, 11) is 0. The Morgan fingerprint density at radius 3 is 2.85 bits per heavy atom. The number of rotatable bonds is 4. The van der Waals surface area contributed by atoms with Crippen LogP contribution in [0.5, 0.6) is 0 Å². The molecule has 6 nitrogen and oxygen atoms in total. The zero-order valence-corrected chi connectivity index (χ0v) is 16.1. The standard InChI is InChI=1S/C21H28N4O2/c1-14-12-17-19(15(2)27-14)23-24-20(17)21(26)22-13-16-8-4-5-9-18(16)25-10-6-3-7-11-25/h4-5,8-9,14-15H,3,6-7,10-13H2,1-2H3,(H,22,26)(H,23,24)/t14-,15+/m1/s1. The van der Waals surface area contributed by atoms with E-state index in [1.54, 1.807) is 0 Å². The van der Waals surface area contributed by atoms with E-state index in [0.29, 0.717) is 18.7 Å². The lowest BCUT2D eigenvalue weighted by Crippen LogP contribution is -2.32. The van der Waals surface area contributed by atoms with Crippen LogP contribution in [0.4, 0.5) is 5.69 Å². The highest BCUT2D eigenvalue weighted by molar-refractivity contribution is 5.94. The van der Waals surface area contributed by atoms with E-state index < -0.39 is 0 Å². The molecule has 1 amide bonds. The molecule has 2 aliphatic rings. The average molecular weight is 368 g/mol. The Hall–Kier alpha value is -2.34. The Balaban J connectivity index is 1.48. The zero-order chi connectivity index (χ0) is 18.8. The van der Waals surface area contributed by atoms with Crippen molar-refractivity contribution in [2.75, 3.05) is 18.0 Å². The normalized spacial score (nSPS) is 22.4. The third kappa shape index (κ3) is 3.72. The van der Waals surface area contributed by atoms with Gasteiger partial charge in [0.05, 0.1) is 17.9 Å². The number of hydrogen-bond acceptors (Lipinski definition) is 4. The molecule has 1 saturated heterocycles. The van der Waals surface area contributed by atoms with Crippen LogP contribution in [0.2, 0.25) is 0 Å². The first kappa shape index (κ1) is 18.0. The highest BCUT2D eigenvalue weighted by atomic mass is 16.5. The fourth-order valence-electron chi connectivity index (χ4n) is 4.22. The highest BCUT2D eigenvalue weighted by Gasteiger charge is 2.29. The number of benzene rings is 1. The summed E-state index contributed by atoms with van der Waals surface area (Å²) in [5.41, 5.74) is 4.80. The third-order valence-electron chi connectivity index (χ3n) is 5.58. The maximum absolute atomic E-state index is 12.8. The number of aromatic amines is 1. The topological polar surface area (TPSA) is 70.2 Å². The molecule has 3 heterocycles. The molecule has 0 saturated carbocycles. The van der Waals surface area contributed by atoms with Crippen molar-refractivity contribution in [2.45, 2.75) is 58.3 Å². The van der Waals surface area contributed by atoms with E-state index >= 15 is 0 Å². The number of ether oxygens (including phenoxy) is 1. The van der Waals surface area contributed by atoms with Gasteiger partial charge >= 0.3 is 0 Å². The van der Waals surface area contributed by atoms with Crippen LogP contribution in [0.3, 0.4) is 0 Å². The molecule has 2 N–H and O–H groups in total. The summed E-state index contributed by atoms with van der Waals surface area (Å²) in [4.78, 5) is 15.2. The van der Waals surface area contributed by atoms with Crippen LogP contribution in [0.15, 0.2) is 24.3 Å². The minimum Gasteiger partial charge on any atom is -0.371 e. The number of fused-ring (bicyclic) bond motifs is 1.